The second-order valence-corrected chi connectivity index (χ2v) is 1.93. The number of rotatable bonds is 1. The van der Waals surface area contributed by atoms with Crippen LogP contribution in [0.5, 0.6) is 5.75 Å². The number of phenols is 1. The van der Waals surface area contributed by atoms with E-state index in [1.165, 1.54) is 6.07 Å². The zero-order valence-corrected chi connectivity index (χ0v) is 5.33. The van der Waals surface area contributed by atoms with Crippen LogP contribution in [0.4, 0.5) is 0 Å². The Kier molecular flexibility index (Phi) is 1.58. The molecule has 1 rings (SSSR count). The number of benzene rings is 1. The van der Waals surface area contributed by atoms with Crippen molar-refractivity contribution in [2.45, 2.75) is 0 Å². The highest BCUT2D eigenvalue weighted by molar-refractivity contribution is 5.97. The molecule has 0 saturated carbocycles. The van der Waals surface area contributed by atoms with Gasteiger partial charge in [0.25, 0.3) is 0 Å². The summed E-state index contributed by atoms with van der Waals surface area (Å²) in [6.07, 6.45) is 0. The fourth-order valence-electron chi connectivity index (χ4n) is 0.701. The normalized spacial score (nSPS) is 9.20. The molecule has 0 amide bonds. The first-order chi connectivity index (χ1) is 4.72. The van der Waals surface area contributed by atoms with Crippen LogP contribution in [0, 0.1) is 5.41 Å². The molecule has 52 valence electrons. The molecule has 0 bridgehead atoms. The zero-order chi connectivity index (χ0) is 7.56. The Bertz CT molecular complexity index is 258. The Morgan fingerprint density at radius 2 is 2.00 bits per heavy atom. The maximum Gasteiger partial charge on any atom is 0.126 e. The Morgan fingerprint density at radius 1 is 1.40 bits per heavy atom. The number of nitrogens with two attached hydrogens (primary N) is 1. The van der Waals surface area contributed by atoms with Gasteiger partial charge < -0.3 is 10.8 Å². The standard InChI is InChI=1S/C7H8N2O/c8-7(9)5-3-1-2-4-6(5)10/h1-4,10H,(H3,8,9). The molecule has 0 saturated heterocycles. The predicted molar refractivity (Wildman–Crippen MR) is 39.1 cm³/mol. The number of para-hydroxylation sites is 1. The average Bonchev–Trinajstić information content (AvgIpc) is 1.88. The molecule has 0 aliphatic rings. The summed E-state index contributed by atoms with van der Waals surface area (Å²) < 4.78 is 0. The van der Waals surface area contributed by atoms with Gasteiger partial charge in [-0.1, -0.05) is 12.1 Å². The van der Waals surface area contributed by atoms with E-state index in [4.69, 9.17) is 16.2 Å². The Hall–Kier alpha value is -1.51. The van der Waals surface area contributed by atoms with Crippen LogP contribution in [-0.2, 0) is 0 Å². The summed E-state index contributed by atoms with van der Waals surface area (Å²) in [6.45, 7) is 0. The summed E-state index contributed by atoms with van der Waals surface area (Å²) in [7, 11) is 0. The maximum absolute atomic E-state index is 9.06. The lowest BCUT2D eigenvalue weighted by Gasteiger charge is -1.98. The quantitative estimate of drug-likeness (QED) is 0.392. The molecule has 3 heteroatoms. The van der Waals surface area contributed by atoms with Gasteiger partial charge in [0.15, 0.2) is 0 Å². The molecule has 4 N–H and O–H groups in total. The van der Waals surface area contributed by atoms with Crippen molar-refractivity contribution in [3.63, 3.8) is 0 Å². The van der Waals surface area contributed by atoms with Gasteiger partial charge in [-0.25, -0.2) is 0 Å². The molecule has 0 heterocycles. The number of phenolic OH excluding ortho intramolecular Hbond substituents is 1. The lowest BCUT2D eigenvalue weighted by atomic mass is 10.2. The van der Waals surface area contributed by atoms with Crippen LogP contribution in [0.15, 0.2) is 24.3 Å². The van der Waals surface area contributed by atoms with Crippen LogP contribution < -0.4 is 5.73 Å². The van der Waals surface area contributed by atoms with Crippen molar-refractivity contribution in [1.29, 1.82) is 5.41 Å². The second-order valence-electron chi connectivity index (χ2n) is 1.93. The SMILES string of the molecule is N=C(N)c1ccccc1O. The van der Waals surface area contributed by atoms with Crippen LogP contribution in [0.25, 0.3) is 0 Å². The predicted octanol–water partition coefficient (Wildman–Crippen LogP) is 0.676. The van der Waals surface area contributed by atoms with Crippen molar-refractivity contribution in [3.05, 3.63) is 29.8 Å². The molecule has 0 unspecified atom stereocenters. The van der Waals surface area contributed by atoms with E-state index in [-0.39, 0.29) is 11.6 Å². The number of nitrogen functional groups attached to an aromatic ring is 1. The Balaban J connectivity index is 3.15. The van der Waals surface area contributed by atoms with E-state index in [9.17, 15) is 0 Å². The molecule has 1 aromatic carbocycles. The van der Waals surface area contributed by atoms with Crippen LogP contribution in [0.1, 0.15) is 5.56 Å². The van der Waals surface area contributed by atoms with Crippen molar-refractivity contribution < 1.29 is 5.11 Å². The first-order valence-electron chi connectivity index (χ1n) is 2.84. The first-order valence-corrected chi connectivity index (χ1v) is 2.84. The van der Waals surface area contributed by atoms with Gasteiger partial charge in [0, 0.05) is 0 Å². The van der Waals surface area contributed by atoms with E-state index >= 15 is 0 Å². The molecule has 3 nitrogen and oxygen atoms in total. The zero-order valence-electron chi connectivity index (χ0n) is 5.33. The fourth-order valence-corrected chi connectivity index (χ4v) is 0.701. The third-order valence-corrected chi connectivity index (χ3v) is 1.19. The Morgan fingerprint density at radius 3 is 2.40 bits per heavy atom. The molecule has 0 aliphatic carbocycles. The summed E-state index contributed by atoms with van der Waals surface area (Å²) >= 11 is 0. The van der Waals surface area contributed by atoms with Gasteiger partial charge in [-0.3, -0.25) is 5.41 Å². The van der Waals surface area contributed by atoms with E-state index in [0.29, 0.717) is 5.56 Å². The molecular weight excluding hydrogens is 128 g/mol. The van der Waals surface area contributed by atoms with Gasteiger partial charge in [-0.2, -0.15) is 0 Å². The molecule has 1 aromatic rings. The van der Waals surface area contributed by atoms with Crippen LogP contribution in [-0.4, -0.2) is 10.9 Å². The molecule has 0 atom stereocenters. The lowest BCUT2D eigenvalue weighted by Crippen LogP contribution is -2.10. The minimum atomic E-state index is -0.113. The summed E-state index contributed by atoms with van der Waals surface area (Å²) in [5, 5.41) is 16.1. The molecule has 0 fully saturated rings. The molecule has 10 heavy (non-hydrogen) atoms. The number of amidine groups is 1. The lowest BCUT2D eigenvalue weighted by molar-refractivity contribution is 0.474. The van der Waals surface area contributed by atoms with Gasteiger partial charge in [0.05, 0.1) is 5.56 Å². The van der Waals surface area contributed by atoms with Gasteiger partial charge in [-0.15, -0.1) is 0 Å². The second kappa shape index (κ2) is 2.39. The third kappa shape index (κ3) is 1.07. The van der Waals surface area contributed by atoms with E-state index in [1.54, 1.807) is 18.2 Å². The molecule has 0 aromatic heterocycles. The number of hydrogen-bond acceptors (Lipinski definition) is 2. The largest absolute Gasteiger partial charge is 0.507 e. The van der Waals surface area contributed by atoms with Crippen molar-refractivity contribution in [1.82, 2.24) is 0 Å². The third-order valence-electron chi connectivity index (χ3n) is 1.19. The molecular formula is C7H8N2O. The van der Waals surface area contributed by atoms with E-state index in [1.807, 2.05) is 0 Å². The van der Waals surface area contributed by atoms with Crippen LogP contribution in [0.3, 0.4) is 0 Å². The van der Waals surface area contributed by atoms with Crippen LogP contribution in [0.2, 0.25) is 0 Å². The maximum atomic E-state index is 9.06. The van der Waals surface area contributed by atoms with Gasteiger partial charge >= 0.3 is 0 Å². The van der Waals surface area contributed by atoms with Crippen LogP contribution >= 0.6 is 0 Å². The summed E-state index contributed by atoms with van der Waals surface area (Å²) in [4.78, 5) is 0. The smallest absolute Gasteiger partial charge is 0.126 e. The first kappa shape index (κ1) is 6.61. The number of aromatic hydroxyl groups is 1. The average molecular weight is 136 g/mol. The number of hydrogen-bond donors (Lipinski definition) is 3. The number of nitrogens with one attached hydrogen (secondary N) is 1. The Labute approximate surface area is 58.6 Å². The minimum absolute atomic E-state index is 0.0509. The molecule has 0 aliphatic heterocycles. The molecule has 0 spiro atoms. The monoisotopic (exact) mass is 136 g/mol. The van der Waals surface area contributed by atoms with Gasteiger partial charge in [-0.05, 0) is 12.1 Å². The highest BCUT2D eigenvalue weighted by atomic mass is 16.3. The van der Waals surface area contributed by atoms with Gasteiger partial charge in [0.1, 0.15) is 11.6 Å². The van der Waals surface area contributed by atoms with Crippen molar-refractivity contribution in [3.8, 4) is 5.75 Å². The van der Waals surface area contributed by atoms with E-state index in [2.05, 4.69) is 0 Å². The van der Waals surface area contributed by atoms with Crippen molar-refractivity contribution in [2.24, 2.45) is 5.73 Å². The summed E-state index contributed by atoms with van der Waals surface area (Å²) in [5.41, 5.74) is 5.52. The van der Waals surface area contributed by atoms with Crippen molar-refractivity contribution >= 4 is 5.84 Å². The van der Waals surface area contributed by atoms with Crippen molar-refractivity contribution in [2.75, 3.05) is 0 Å². The highest BCUT2D eigenvalue weighted by Crippen LogP contribution is 2.13. The fraction of sp³-hybridized carbons (Fsp3) is 0. The minimum Gasteiger partial charge on any atom is -0.507 e. The van der Waals surface area contributed by atoms with E-state index in [0.717, 1.165) is 0 Å². The van der Waals surface area contributed by atoms with Gasteiger partial charge in [0.2, 0.25) is 0 Å². The summed E-state index contributed by atoms with van der Waals surface area (Å²) in [5.74, 6) is -0.0619. The van der Waals surface area contributed by atoms with E-state index < -0.39 is 0 Å². The highest BCUT2D eigenvalue weighted by Gasteiger charge is 1.99. The topological polar surface area (TPSA) is 70.1 Å². The summed E-state index contributed by atoms with van der Waals surface area (Å²) in [6, 6.07) is 6.49. The molecule has 0 radical (unpaired) electrons.